The standard InChI is InChI=1S/C15H22FN3O2/c16-13-6-5-11(17)9-14(13)18-15(21)10-19(7-8-20)12-3-1-2-4-12/h5-6,9,12,20H,1-4,7-8,10,17H2,(H,18,21). The number of carbonyl (C=O) groups excluding carboxylic acids is 1. The van der Waals surface area contributed by atoms with Crippen molar-refractivity contribution in [2.24, 2.45) is 0 Å². The maximum atomic E-state index is 13.6. The summed E-state index contributed by atoms with van der Waals surface area (Å²) in [5.41, 5.74) is 6.08. The zero-order valence-electron chi connectivity index (χ0n) is 12.0. The minimum Gasteiger partial charge on any atom is -0.399 e. The maximum Gasteiger partial charge on any atom is 0.238 e. The van der Waals surface area contributed by atoms with Crippen LogP contribution in [0.2, 0.25) is 0 Å². The Hall–Kier alpha value is -1.66. The molecule has 6 heteroatoms. The van der Waals surface area contributed by atoms with Crippen molar-refractivity contribution in [1.82, 2.24) is 4.90 Å². The first-order valence-electron chi connectivity index (χ1n) is 7.30. The number of rotatable bonds is 6. The molecular weight excluding hydrogens is 273 g/mol. The van der Waals surface area contributed by atoms with E-state index in [2.05, 4.69) is 5.32 Å². The van der Waals surface area contributed by atoms with Crippen molar-refractivity contribution >= 4 is 17.3 Å². The van der Waals surface area contributed by atoms with Gasteiger partial charge in [-0.25, -0.2) is 4.39 Å². The fraction of sp³-hybridized carbons (Fsp3) is 0.533. The number of hydrogen-bond acceptors (Lipinski definition) is 4. The average Bonchev–Trinajstić information content (AvgIpc) is 2.96. The molecule has 1 aromatic carbocycles. The summed E-state index contributed by atoms with van der Waals surface area (Å²) in [6.07, 6.45) is 4.38. The summed E-state index contributed by atoms with van der Waals surface area (Å²) in [5, 5.41) is 11.7. The van der Waals surface area contributed by atoms with E-state index in [-0.39, 0.29) is 24.7 Å². The number of carbonyl (C=O) groups is 1. The van der Waals surface area contributed by atoms with E-state index in [0.717, 1.165) is 25.7 Å². The summed E-state index contributed by atoms with van der Waals surface area (Å²) in [6, 6.07) is 4.40. The van der Waals surface area contributed by atoms with Crippen molar-refractivity contribution in [2.45, 2.75) is 31.7 Å². The van der Waals surface area contributed by atoms with E-state index in [4.69, 9.17) is 10.8 Å². The van der Waals surface area contributed by atoms with E-state index in [9.17, 15) is 9.18 Å². The van der Waals surface area contributed by atoms with Gasteiger partial charge in [0.1, 0.15) is 5.82 Å². The van der Waals surface area contributed by atoms with Crippen molar-refractivity contribution in [1.29, 1.82) is 0 Å². The van der Waals surface area contributed by atoms with Crippen LogP contribution in [0.4, 0.5) is 15.8 Å². The largest absolute Gasteiger partial charge is 0.399 e. The number of anilines is 2. The first kappa shape index (κ1) is 15.7. The number of aliphatic hydroxyl groups excluding tert-OH is 1. The number of aliphatic hydroxyl groups is 1. The molecule has 1 saturated carbocycles. The number of amides is 1. The normalized spacial score (nSPS) is 15.6. The van der Waals surface area contributed by atoms with E-state index in [1.807, 2.05) is 4.90 Å². The van der Waals surface area contributed by atoms with Gasteiger partial charge in [0.15, 0.2) is 0 Å². The zero-order chi connectivity index (χ0) is 15.2. The molecule has 1 aliphatic carbocycles. The number of halogens is 1. The predicted octanol–water partition coefficient (Wildman–Crippen LogP) is 1.58. The average molecular weight is 295 g/mol. The van der Waals surface area contributed by atoms with Crippen molar-refractivity contribution in [3.63, 3.8) is 0 Å². The lowest BCUT2D eigenvalue weighted by molar-refractivity contribution is -0.118. The third-order valence-corrected chi connectivity index (χ3v) is 3.84. The fourth-order valence-electron chi connectivity index (χ4n) is 2.80. The molecule has 2 rings (SSSR count). The van der Waals surface area contributed by atoms with Gasteiger partial charge in [0.05, 0.1) is 18.8 Å². The Labute approximate surface area is 123 Å². The van der Waals surface area contributed by atoms with Gasteiger partial charge in [0.25, 0.3) is 0 Å². The van der Waals surface area contributed by atoms with E-state index in [0.29, 0.717) is 18.3 Å². The van der Waals surface area contributed by atoms with Gasteiger partial charge in [0.2, 0.25) is 5.91 Å². The highest BCUT2D eigenvalue weighted by molar-refractivity contribution is 5.92. The molecule has 0 radical (unpaired) electrons. The number of nitrogens with zero attached hydrogens (tertiary/aromatic N) is 1. The Balaban J connectivity index is 1.96. The molecule has 0 aromatic heterocycles. The third-order valence-electron chi connectivity index (χ3n) is 3.84. The van der Waals surface area contributed by atoms with E-state index >= 15 is 0 Å². The first-order chi connectivity index (χ1) is 10.1. The van der Waals surface area contributed by atoms with Crippen LogP contribution < -0.4 is 11.1 Å². The lowest BCUT2D eigenvalue weighted by atomic mass is 10.2. The number of hydrogen-bond donors (Lipinski definition) is 3. The molecule has 0 heterocycles. The highest BCUT2D eigenvalue weighted by atomic mass is 19.1. The van der Waals surface area contributed by atoms with E-state index in [1.165, 1.54) is 18.2 Å². The number of nitrogen functional groups attached to an aromatic ring is 1. The SMILES string of the molecule is Nc1ccc(F)c(NC(=O)CN(CCO)C2CCCC2)c1. The summed E-state index contributed by atoms with van der Waals surface area (Å²) in [5.74, 6) is -0.799. The number of nitrogens with two attached hydrogens (primary N) is 1. The van der Waals surface area contributed by atoms with Crippen LogP contribution in [0.5, 0.6) is 0 Å². The monoisotopic (exact) mass is 295 g/mol. The second-order valence-electron chi connectivity index (χ2n) is 5.42. The van der Waals surface area contributed by atoms with E-state index < -0.39 is 5.82 Å². The van der Waals surface area contributed by atoms with Gasteiger partial charge >= 0.3 is 0 Å². The lowest BCUT2D eigenvalue weighted by Crippen LogP contribution is -2.41. The Morgan fingerprint density at radius 1 is 1.43 bits per heavy atom. The van der Waals surface area contributed by atoms with Gasteiger partial charge in [-0.05, 0) is 31.0 Å². The van der Waals surface area contributed by atoms with Crippen molar-refractivity contribution in [3.05, 3.63) is 24.0 Å². The second-order valence-corrected chi connectivity index (χ2v) is 5.42. The summed E-state index contributed by atoms with van der Waals surface area (Å²) in [7, 11) is 0. The summed E-state index contributed by atoms with van der Waals surface area (Å²) in [6.45, 7) is 0.618. The Morgan fingerprint density at radius 3 is 2.81 bits per heavy atom. The molecule has 0 atom stereocenters. The third kappa shape index (κ3) is 4.41. The molecule has 0 aliphatic heterocycles. The number of nitrogens with one attached hydrogen (secondary N) is 1. The Morgan fingerprint density at radius 2 is 2.14 bits per heavy atom. The molecule has 0 bridgehead atoms. The molecular formula is C15H22FN3O2. The summed E-state index contributed by atoms with van der Waals surface area (Å²) in [4.78, 5) is 14.0. The van der Waals surface area contributed by atoms with Crippen molar-refractivity contribution < 1.29 is 14.3 Å². The highest BCUT2D eigenvalue weighted by Crippen LogP contribution is 2.23. The zero-order valence-corrected chi connectivity index (χ0v) is 12.0. The first-order valence-corrected chi connectivity index (χ1v) is 7.30. The van der Waals surface area contributed by atoms with Crippen LogP contribution in [0.3, 0.4) is 0 Å². The van der Waals surface area contributed by atoms with Gasteiger partial charge in [-0.1, -0.05) is 12.8 Å². The molecule has 1 aliphatic rings. The van der Waals surface area contributed by atoms with Crippen LogP contribution in [0.1, 0.15) is 25.7 Å². The molecule has 21 heavy (non-hydrogen) atoms. The van der Waals surface area contributed by atoms with Gasteiger partial charge in [0, 0.05) is 18.3 Å². The second kappa shape index (κ2) is 7.38. The molecule has 5 nitrogen and oxygen atoms in total. The molecule has 1 aromatic rings. The van der Waals surface area contributed by atoms with Gasteiger partial charge in [-0.2, -0.15) is 0 Å². The predicted molar refractivity (Wildman–Crippen MR) is 80.4 cm³/mol. The van der Waals surface area contributed by atoms with Crippen molar-refractivity contribution in [3.8, 4) is 0 Å². The molecule has 116 valence electrons. The smallest absolute Gasteiger partial charge is 0.238 e. The molecule has 4 N–H and O–H groups in total. The van der Waals surface area contributed by atoms with Gasteiger partial charge in [-0.15, -0.1) is 0 Å². The van der Waals surface area contributed by atoms with Crippen LogP contribution in [-0.2, 0) is 4.79 Å². The van der Waals surface area contributed by atoms with E-state index in [1.54, 1.807) is 0 Å². The molecule has 1 amide bonds. The van der Waals surface area contributed by atoms with Crippen LogP contribution in [0.15, 0.2) is 18.2 Å². The highest BCUT2D eigenvalue weighted by Gasteiger charge is 2.24. The minimum absolute atomic E-state index is 0.0103. The molecule has 0 saturated heterocycles. The molecule has 0 spiro atoms. The summed E-state index contributed by atoms with van der Waals surface area (Å²) < 4.78 is 13.6. The van der Waals surface area contributed by atoms with Crippen LogP contribution in [0.25, 0.3) is 0 Å². The number of benzene rings is 1. The minimum atomic E-state index is -0.507. The topological polar surface area (TPSA) is 78.6 Å². The summed E-state index contributed by atoms with van der Waals surface area (Å²) >= 11 is 0. The van der Waals surface area contributed by atoms with Crippen molar-refractivity contribution in [2.75, 3.05) is 30.7 Å². The van der Waals surface area contributed by atoms with Crippen LogP contribution in [0, 0.1) is 5.82 Å². The quantitative estimate of drug-likeness (QED) is 0.696. The Kier molecular flexibility index (Phi) is 5.52. The van der Waals surface area contributed by atoms with Gasteiger partial charge in [-0.3, -0.25) is 9.69 Å². The lowest BCUT2D eigenvalue weighted by Gasteiger charge is -2.27. The van der Waals surface area contributed by atoms with Crippen LogP contribution in [-0.4, -0.2) is 41.7 Å². The van der Waals surface area contributed by atoms with Gasteiger partial charge < -0.3 is 16.2 Å². The van der Waals surface area contributed by atoms with Crippen LogP contribution >= 0.6 is 0 Å². The fourth-order valence-corrected chi connectivity index (χ4v) is 2.80. The maximum absolute atomic E-state index is 13.6. The Bertz CT molecular complexity index is 490. The molecule has 1 fully saturated rings. The molecule has 0 unspecified atom stereocenters.